The number of rotatable bonds is 6. The molecule has 0 bridgehead atoms. The van der Waals surface area contributed by atoms with E-state index in [1.807, 2.05) is 54.6 Å². The zero-order valence-corrected chi connectivity index (χ0v) is 79.8. The number of pyridine rings is 4. The Balaban J connectivity index is 0.0000000912. The van der Waals surface area contributed by atoms with Crippen LogP contribution in [0, 0.1) is 0 Å². The van der Waals surface area contributed by atoms with Crippen molar-refractivity contribution in [3.8, 4) is 67.3 Å². The molecule has 8 aromatic heterocycles. The smallest absolute Gasteiger partial charge is 0.161 e. The standard InChI is InChI=1S/2C37H21NO.C35H21NO.C31H19NO/c1-2-11-25-23(9-1)24-10-3-4-12-26(24)33-21-22(17-18-28(25)33)35-30-15-6-5-13-27(30)31-19-20-32-29-14-7-8-16-34(29)39-37(32)36(31)38-35;1-2-8-25-22(7-1)13-17-29-26-16-15-24(21-23(26)14-18-28(25)29)35-31-11-4-3-9-27(31)32-19-20-33-30-10-5-6-12-34(30)39-37(33)36(32)38-35;1-2-9-23-20-25(17-16-22(23)8-1)24-10-7-11-26(21-24)33-29-14-4-3-12-27(29)30-18-19-31-28-13-5-6-15-32(28)37-35(31)34(30)36-33;1-2-8-20(9-3-1)21-14-16-22(17-15-21)29-25-12-5-4-10-23(25)26-18-19-27-24-11-6-7-13-28(24)33-31(27)30(26)32-29/h2*1-21H;1-21H;1-19H. The molecular formula is C140H82N4O4. The molecule has 0 N–H and O–H groups in total. The zero-order chi connectivity index (χ0) is 97.1. The Morgan fingerprint density at radius 3 is 0.770 bits per heavy atom. The van der Waals surface area contributed by atoms with Crippen LogP contribution in [0.5, 0.6) is 0 Å². The first-order chi connectivity index (χ1) is 73.4. The molecule has 8 nitrogen and oxygen atoms in total. The molecule has 686 valence electrons. The lowest BCUT2D eigenvalue weighted by molar-refractivity contribution is 0.671. The highest BCUT2D eigenvalue weighted by molar-refractivity contribution is 6.30. The van der Waals surface area contributed by atoms with E-state index in [-0.39, 0.29) is 0 Å². The van der Waals surface area contributed by atoms with Gasteiger partial charge in [0, 0.05) is 108 Å². The first kappa shape index (κ1) is 83.9. The fourth-order valence-corrected chi connectivity index (χ4v) is 23.4. The van der Waals surface area contributed by atoms with Crippen molar-refractivity contribution in [2.24, 2.45) is 0 Å². The van der Waals surface area contributed by atoms with E-state index in [1.165, 1.54) is 119 Å². The molecule has 0 spiro atoms. The summed E-state index contributed by atoms with van der Waals surface area (Å²) in [4.78, 5) is 21.2. The van der Waals surface area contributed by atoms with Gasteiger partial charge in [-0.3, -0.25) is 0 Å². The average molecular weight is 1880 g/mol. The second-order valence-corrected chi connectivity index (χ2v) is 38.6. The molecule has 0 saturated heterocycles. The van der Waals surface area contributed by atoms with Gasteiger partial charge in [-0.2, -0.15) is 0 Å². The highest BCUT2D eigenvalue weighted by Gasteiger charge is 2.25. The van der Waals surface area contributed by atoms with Gasteiger partial charge >= 0.3 is 0 Å². The first-order valence-electron chi connectivity index (χ1n) is 50.3. The van der Waals surface area contributed by atoms with Crippen LogP contribution in [0.4, 0.5) is 0 Å². The van der Waals surface area contributed by atoms with Gasteiger partial charge in [-0.15, -0.1) is 0 Å². The molecule has 33 rings (SSSR count). The molecule has 0 fully saturated rings. The second-order valence-electron chi connectivity index (χ2n) is 38.6. The Morgan fingerprint density at radius 2 is 0.338 bits per heavy atom. The molecule has 0 aliphatic carbocycles. The highest BCUT2D eigenvalue weighted by atomic mass is 16.3. The maximum Gasteiger partial charge on any atom is 0.161 e. The molecule has 0 radical (unpaired) electrons. The number of nitrogens with zero attached hydrogens (tertiary/aromatic N) is 4. The molecule has 8 heteroatoms. The third-order valence-electron chi connectivity index (χ3n) is 30.4. The van der Waals surface area contributed by atoms with E-state index in [9.17, 15) is 0 Å². The van der Waals surface area contributed by atoms with Crippen molar-refractivity contribution in [3.05, 3.63) is 497 Å². The number of benzene rings is 25. The molecule has 148 heavy (non-hydrogen) atoms. The third-order valence-corrected chi connectivity index (χ3v) is 30.4. The monoisotopic (exact) mass is 1880 g/mol. The third kappa shape index (κ3) is 13.6. The molecule has 8 heterocycles. The van der Waals surface area contributed by atoms with E-state index in [1.54, 1.807) is 0 Å². The molecule has 0 amide bonds. The summed E-state index contributed by atoms with van der Waals surface area (Å²) in [6.45, 7) is 0. The van der Waals surface area contributed by atoms with E-state index in [2.05, 4.69) is 443 Å². The van der Waals surface area contributed by atoms with Crippen LogP contribution in [-0.2, 0) is 0 Å². The van der Waals surface area contributed by atoms with Crippen molar-refractivity contribution < 1.29 is 17.7 Å². The Hall–Kier alpha value is -19.8. The lowest BCUT2D eigenvalue weighted by atomic mass is 9.92. The molecule has 25 aromatic carbocycles. The van der Waals surface area contributed by atoms with Gasteiger partial charge in [-0.1, -0.05) is 425 Å². The topological polar surface area (TPSA) is 104 Å². The summed E-state index contributed by atoms with van der Waals surface area (Å²) < 4.78 is 25.5. The van der Waals surface area contributed by atoms with Crippen LogP contribution in [0.1, 0.15) is 0 Å². The van der Waals surface area contributed by atoms with Gasteiger partial charge in [0.2, 0.25) is 0 Å². The van der Waals surface area contributed by atoms with Crippen molar-refractivity contribution in [2.75, 3.05) is 0 Å². The minimum absolute atomic E-state index is 0.844. The Labute approximate surface area is 846 Å². The fourth-order valence-electron chi connectivity index (χ4n) is 23.4. The molecule has 0 unspecified atom stereocenters. The predicted molar refractivity (Wildman–Crippen MR) is 621 cm³/mol. The van der Waals surface area contributed by atoms with Crippen LogP contribution in [0.2, 0.25) is 0 Å². The molecular weight excluding hydrogens is 1800 g/mol. The van der Waals surface area contributed by atoms with Crippen molar-refractivity contribution in [3.63, 3.8) is 0 Å². The van der Waals surface area contributed by atoms with Gasteiger partial charge in [-0.05, 0) is 192 Å². The normalized spacial score (nSPS) is 11.9. The fraction of sp³-hybridized carbons (Fsp3) is 0. The number of furan rings is 4. The van der Waals surface area contributed by atoms with E-state index in [0.717, 1.165) is 198 Å². The summed E-state index contributed by atoms with van der Waals surface area (Å²) in [6, 6.07) is 176. The van der Waals surface area contributed by atoms with Crippen LogP contribution < -0.4 is 0 Å². The van der Waals surface area contributed by atoms with Crippen LogP contribution >= 0.6 is 0 Å². The zero-order valence-electron chi connectivity index (χ0n) is 79.8. The molecule has 0 atom stereocenters. The van der Waals surface area contributed by atoms with Crippen molar-refractivity contribution in [1.29, 1.82) is 0 Å². The number of hydrogen-bond donors (Lipinski definition) is 0. The van der Waals surface area contributed by atoms with Gasteiger partial charge in [-0.25, -0.2) is 19.9 Å². The summed E-state index contributed by atoms with van der Waals surface area (Å²) >= 11 is 0. The molecule has 0 aliphatic heterocycles. The summed E-state index contributed by atoms with van der Waals surface area (Å²) in [5, 5.41) is 40.3. The van der Waals surface area contributed by atoms with Gasteiger partial charge in [0.15, 0.2) is 22.3 Å². The van der Waals surface area contributed by atoms with E-state index in [4.69, 9.17) is 37.6 Å². The molecule has 0 saturated carbocycles. The maximum atomic E-state index is 6.42. The van der Waals surface area contributed by atoms with Crippen molar-refractivity contribution >= 4 is 250 Å². The summed E-state index contributed by atoms with van der Waals surface area (Å²) in [5.41, 5.74) is 23.7. The first-order valence-corrected chi connectivity index (χ1v) is 50.3. The lowest BCUT2D eigenvalue weighted by Gasteiger charge is -2.14. The van der Waals surface area contributed by atoms with Crippen LogP contribution in [0.3, 0.4) is 0 Å². The number of fused-ring (bicyclic) bond motifs is 40. The van der Waals surface area contributed by atoms with Crippen LogP contribution in [-0.4, -0.2) is 19.9 Å². The quantitative estimate of drug-likeness (QED) is 0.152. The Bertz CT molecular complexity index is 11400. The molecule has 33 aromatic rings. The van der Waals surface area contributed by atoms with Gasteiger partial charge in [0.05, 0.1) is 22.8 Å². The largest absolute Gasteiger partial charge is 0.454 e. The predicted octanol–water partition coefficient (Wildman–Crippen LogP) is 39.2. The highest BCUT2D eigenvalue weighted by Crippen LogP contribution is 2.49. The summed E-state index contributed by atoms with van der Waals surface area (Å²) in [6.07, 6.45) is 0. The van der Waals surface area contributed by atoms with Crippen molar-refractivity contribution in [2.45, 2.75) is 0 Å². The summed E-state index contributed by atoms with van der Waals surface area (Å²) in [5.74, 6) is 0. The van der Waals surface area contributed by atoms with E-state index in [0.29, 0.717) is 0 Å². The Morgan fingerprint density at radius 1 is 0.108 bits per heavy atom. The number of aromatic nitrogens is 4. The average Bonchev–Trinajstić information content (AvgIpc) is 1.57. The Kier molecular flexibility index (Phi) is 19.3. The van der Waals surface area contributed by atoms with Crippen LogP contribution in [0.25, 0.3) is 317 Å². The van der Waals surface area contributed by atoms with Crippen LogP contribution in [0.15, 0.2) is 515 Å². The number of hydrogen-bond acceptors (Lipinski definition) is 8. The van der Waals surface area contributed by atoms with E-state index >= 15 is 0 Å². The minimum atomic E-state index is 0.844. The second kappa shape index (κ2) is 34.0. The van der Waals surface area contributed by atoms with Gasteiger partial charge < -0.3 is 17.7 Å². The summed E-state index contributed by atoms with van der Waals surface area (Å²) in [7, 11) is 0. The molecule has 0 aliphatic rings. The lowest BCUT2D eigenvalue weighted by Crippen LogP contribution is -1.91. The van der Waals surface area contributed by atoms with E-state index < -0.39 is 0 Å². The van der Waals surface area contributed by atoms with Gasteiger partial charge in [0.1, 0.15) is 44.4 Å². The maximum absolute atomic E-state index is 6.42. The van der Waals surface area contributed by atoms with Gasteiger partial charge in [0.25, 0.3) is 0 Å². The SMILES string of the molecule is c1cc(-c2ccc3ccccc3c2)cc(-c2nc3c(ccc4c5ccccc5oc43)c3ccccc23)c1.c1ccc(-c2ccc(-c3nc4c(ccc5c6ccccc6oc54)c4ccccc34)cc2)cc1.c1ccc2c(c1)ccc1c3ccc(-c4nc5c(ccc6c7ccccc7oc65)c5ccccc45)cc3ccc21.c1ccc2c(c1)oc1c2ccc2c3ccccc3c(-c3ccc4c5ccccc5c5ccccc5c4c3)nc21. The van der Waals surface area contributed by atoms with Crippen molar-refractivity contribution in [1.82, 2.24) is 19.9 Å². The number of para-hydroxylation sites is 4. The minimum Gasteiger partial charge on any atom is -0.454 e.